The number of methoxy groups -OCH3 is 1. The molecule has 1 saturated heterocycles. The van der Waals surface area contributed by atoms with E-state index in [0.29, 0.717) is 33.5 Å². The summed E-state index contributed by atoms with van der Waals surface area (Å²) in [6.45, 7) is -0.0419. The van der Waals surface area contributed by atoms with Crippen molar-refractivity contribution >= 4 is 22.7 Å². The Balaban J connectivity index is 1.57. The summed E-state index contributed by atoms with van der Waals surface area (Å²) in [5.74, 6) is 0.00514. The van der Waals surface area contributed by atoms with E-state index in [2.05, 4.69) is 21.7 Å². The molecule has 1 atom stereocenters. The molecule has 0 spiro atoms. The molecule has 2 aromatic heterocycles. The molecule has 4 aromatic rings. The predicted octanol–water partition coefficient (Wildman–Crippen LogP) is 3.02. The van der Waals surface area contributed by atoms with Gasteiger partial charge in [-0.15, -0.1) is 0 Å². The number of nitriles is 1. The number of rotatable bonds is 5. The van der Waals surface area contributed by atoms with Gasteiger partial charge in [-0.25, -0.2) is 4.79 Å². The van der Waals surface area contributed by atoms with Crippen LogP contribution in [0.1, 0.15) is 11.1 Å². The Labute approximate surface area is 194 Å². The number of hydrogen-bond donors (Lipinski definition) is 3. The van der Waals surface area contributed by atoms with Crippen molar-refractivity contribution in [2.45, 2.75) is 12.1 Å². The van der Waals surface area contributed by atoms with Gasteiger partial charge in [-0.05, 0) is 35.9 Å². The minimum absolute atomic E-state index is 0.0419. The molecule has 1 aliphatic rings. The van der Waals surface area contributed by atoms with Crippen LogP contribution in [0.3, 0.4) is 0 Å². The first-order chi connectivity index (χ1) is 16.4. The fourth-order valence-corrected chi connectivity index (χ4v) is 4.26. The smallest absolute Gasteiger partial charge is 0.322 e. The Kier molecular flexibility index (Phi) is 4.91. The maximum absolute atomic E-state index is 13.0. The third kappa shape index (κ3) is 3.29. The second-order valence-corrected chi connectivity index (χ2v) is 7.94. The van der Waals surface area contributed by atoms with Crippen molar-refractivity contribution < 1.29 is 19.4 Å². The summed E-state index contributed by atoms with van der Waals surface area (Å²) in [4.78, 5) is 29.5. The number of carbonyl (C=O) groups is 2. The van der Waals surface area contributed by atoms with Crippen LogP contribution in [-0.4, -0.2) is 33.7 Å². The van der Waals surface area contributed by atoms with E-state index in [1.165, 1.54) is 11.7 Å². The van der Waals surface area contributed by atoms with Crippen LogP contribution >= 0.6 is 0 Å². The fourth-order valence-electron chi connectivity index (χ4n) is 4.26. The van der Waals surface area contributed by atoms with E-state index < -0.39 is 17.5 Å². The number of carbonyl (C=O) groups excluding carboxylic acids is 2. The molecule has 0 radical (unpaired) electrons. The maximum Gasteiger partial charge on any atom is 0.322 e. The lowest BCUT2D eigenvalue weighted by atomic mass is 9.88. The molecule has 1 aliphatic heterocycles. The first kappa shape index (κ1) is 21.0. The number of nitrogens with zero attached hydrogens (tertiary/aromatic N) is 3. The van der Waals surface area contributed by atoms with Crippen molar-refractivity contribution in [1.29, 1.82) is 5.26 Å². The molecule has 3 amide bonds. The maximum atomic E-state index is 13.0. The fraction of sp³-hybridized carbons (Fsp3) is 0.120. The van der Waals surface area contributed by atoms with Gasteiger partial charge in [0.05, 0.1) is 24.9 Å². The van der Waals surface area contributed by atoms with Gasteiger partial charge in [0, 0.05) is 28.7 Å². The number of aromatic hydroxyl groups is 1. The molecule has 5 rings (SSSR count). The van der Waals surface area contributed by atoms with Gasteiger partial charge in [0.15, 0.2) is 11.4 Å². The lowest BCUT2D eigenvalue weighted by Crippen LogP contribution is -2.47. The molecular weight excluding hydrogens is 434 g/mol. The van der Waals surface area contributed by atoms with Gasteiger partial charge in [0.2, 0.25) is 0 Å². The lowest BCUT2D eigenvalue weighted by Gasteiger charge is -2.27. The van der Waals surface area contributed by atoms with Gasteiger partial charge in [-0.2, -0.15) is 5.26 Å². The Morgan fingerprint density at radius 1 is 1.18 bits per heavy atom. The number of hydrogen-bond acceptors (Lipinski definition) is 6. The summed E-state index contributed by atoms with van der Waals surface area (Å²) in [5.41, 5.74) is 0.713. The van der Waals surface area contributed by atoms with Crippen molar-refractivity contribution in [3.63, 3.8) is 0 Å². The number of nitrogens with one attached hydrogen (secondary N) is 2. The van der Waals surface area contributed by atoms with Crippen molar-refractivity contribution in [3.05, 3.63) is 78.1 Å². The molecule has 0 bridgehead atoms. The highest BCUT2D eigenvalue weighted by Gasteiger charge is 2.48. The van der Waals surface area contributed by atoms with Gasteiger partial charge in [0.1, 0.15) is 11.8 Å². The number of imide groups is 1. The molecule has 3 heterocycles. The third-order valence-corrected chi connectivity index (χ3v) is 6.00. The molecule has 168 valence electrons. The summed E-state index contributed by atoms with van der Waals surface area (Å²) in [5, 5.41) is 26.6. The van der Waals surface area contributed by atoms with Crippen molar-refractivity contribution in [1.82, 2.24) is 20.2 Å². The monoisotopic (exact) mass is 453 g/mol. The topological polar surface area (TPSA) is 129 Å². The standard InChI is InChI=1S/C25H19N5O4/c1-34-19-9-6-17-13-30(22(31)20(17)11-19)14-25(23(32)28-24(33)29-25)18-7-4-15(5-8-18)21-16(12-26)3-2-10-27-21/h2-11,13,31H,14H2,1H3,(H2,28,29,32,33)/t25-/m0/s1. The molecule has 3 N–H and O–H groups in total. The van der Waals surface area contributed by atoms with Crippen LogP contribution in [0.2, 0.25) is 0 Å². The largest absolute Gasteiger partial charge is 0.497 e. The zero-order chi connectivity index (χ0) is 23.9. The average Bonchev–Trinajstić information content (AvgIpc) is 3.33. The number of aromatic nitrogens is 2. The van der Waals surface area contributed by atoms with Crippen molar-refractivity contribution in [3.8, 4) is 29.0 Å². The molecule has 1 fully saturated rings. The molecule has 9 heteroatoms. The van der Waals surface area contributed by atoms with Gasteiger partial charge < -0.3 is 19.7 Å². The highest BCUT2D eigenvalue weighted by Crippen LogP contribution is 2.35. The van der Waals surface area contributed by atoms with Gasteiger partial charge in [0.25, 0.3) is 5.91 Å². The van der Waals surface area contributed by atoms with Crippen LogP contribution in [0.5, 0.6) is 11.6 Å². The predicted molar refractivity (Wildman–Crippen MR) is 123 cm³/mol. The number of benzene rings is 2. The summed E-state index contributed by atoms with van der Waals surface area (Å²) >= 11 is 0. The Bertz CT molecular complexity index is 1490. The number of ether oxygens (including phenoxy) is 1. The molecule has 0 saturated carbocycles. The van der Waals surface area contributed by atoms with Gasteiger partial charge in [-0.3, -0.25) is 15.1 Å². The minimum Gasteiger partial charge on any atom is -0.497 e. The van der Waals surface area contributed by atoms with Crippen molar-refractivity contribution in [2.75, 3.05) is 7.11 Å². The molecular formula is C25H19N5O4. The zero-order valence-electron chi connectivity index (χ0n) is 18.1. The second-order valence-electron chi connectivity index (χ2n) is 7.94. The Morgan fingerprint density at radius 3 is 2.65 bits per heavy atom. The van der Waals surface area contributed by atoms with E-state index in [1.54, 1.807) is 67.0 Å². The average molecular weight is 453 g/mol. The van der Waals surface area contributed by atoms with E-state index in [9.17, 15) is 20.0 Å². The van der Waals surface area contributed by atoms with Gasteiger partial charge in [-0.1, -0.05) is 24.3 Å². The molecule has 9 nitrogen and oxygen atoms in total. The van der Waals surface area contributed by atoms with Crippen LogP contribution < -0.4 is 15.4 Å². The van der Waals surface area contributed by atoms with E-state index >= 15 is 0 Å². The van der Waals surface area contributed by atoms with E-state index in [4.69, 9.17) is 4.74 Å². The quantitative estimate of drug-likeness (QED) is 0.399. The first-order valence-corrected chi connectivity index (χ1v) is 10.4. The summed E-state index contributed by atoms with van der Waals surface area (Å²) in [6, 6.07) is 17.1. The van der Waals surface area contributed by atoms with E-state index in [1.807, 2.05) is 0 Å². The molecule has 0 unspecified atom stereocenters. The van der Waals surface area contributed by atoms with Crippen LogP contribution in [0.25, 0.3) is 22.0 Å². The normalized spacial score (nSPS) is 17.3. The van der Waals surface area contributed by atoms with Gasteiger partial charge >= 0.3 is 6.03 Å². The zero-order valence-corrected chi connectivity index (χ0v) is 18.1. The molecule has 2 aromatic carbocycles. The first-order valence-electron chi connectivity index (χ1n) is 10.4. The molecule has 34 heavy (non-hydrogen) atoms. The summed E-state index contributed by atoms with van der Waals surface area (Å²) in [6.07, 6.45) is 3.32. The lowest BCUT2D eigenvalue weighted by molar-refractivity contribution is -0.124. The van der Waals surface area contributed by atoms with Crippen molar-refractivity contribution in [2.24, 2.45) is 0 Å². The van der Waals surface area contributed by atoms with E-state index in [-0.39, 0.29) is 12.4 Å². The van der Waals surface area contributed by atoms with Crippen LogP contribution in [0, 0.1) is 11.3 Å². The Hall–Kier alpha value is -4.84. The minimum atomic E-state index is -1.45. The summed E-state index contributed by atoms with van der Waals surface area (Å²) in [7, 11) is 1.54. The van der Waals surface area contributed by atoms with E-state index in [0.717, 1.165) is 5.39 Å². The van der Waals surface area contributed by atoms with Crippen LogP contribution in [-0.2, 0) is 16.9 Å². The Morgan fingerprint density at radius 2 is 1.97 bits per heavy atom. The number of amides is 3. The summed E-state index contributed by atoms with van der Waals surface area (Å²) < 4.78 is 6.76. The van der Waals surface area contributed by atoms with Crippen LogP contribution in [0.4, 0.5) is 4.79 Å². The number of urea groups is 1. The highest BCUT2D eigenvalue weighted by atomic mass is 16.5. The number of fused-ring (bicyclic) bond motifs is 1. The number of pyridine rings is 1. The third-order valence-electron chi connectivity index (χ3n) is 6.00. The van der Waals surface area contributed by atoms with Crippen LogP contribution in [0.15, 0.2) is 67.0 Å². The highest BCUT2D eigenvalue weighted by molar-refractivity contribution is 6.07. The molecule has 0 aliphatic carbocycles. The second kappa shape index (κ2) is 7.94. The SMILES string of the molecule is COc1ccc2cn(C[C@@]3(c4ccc(-c5ncccc5C#N)cc4)NC(=O)NC3=O)c(O)c2c1.